The van der Waals surface area contributed by atoms with Crippen molar-refractivity contribution in [2.75, 3.05) is 0 Å². The Morgan fingerprint density at radius 3 is 2.45 bits per heavy atom. The van der Waals surface area contributed by atoms with Gasteiger partial charge >= 0.3 is 0 Å². The highest BCUT2D eigenvalue weighted by molar-refractivity contribution is 5.31. The Morgan fingerprint density at radius 1 is 1.00 bits per heavy atom. The topological polar surface area (TPSA) is 12.0 Å². The molecule has 0 bridgehead atoms. The van der Waals surface area contributed by atoms with Crippen LogP contribution in [0.4, 0.5) is 0 Å². The van der Waals surface area contributed by atoms with E-state index in [0.717, 1.165) is 6.54 Å². The van der Waals surface area contributed by atoms with E-state index in [2.05, 4.69) is 61.6 Å². The van der Waals surface area contributed by atoms with Gasteiger partial charge in [-0.3, -0.25) is 0 Å². The third-order valence-corrected chi connectivity index (χ3v) is 4.22. The second kappa shape index (κ2) is 5.80. The Labute approximate surface area is 122 Å². The van der Waals surface area contributed by atoms with Crippen molar-refractivity contribution in [2.24, 2.45) is 0 Å². The monoisotopic (exact) mass is 265 g/mol. The van der Waals surface area contributed by atoms with E-state index >= 15 is 0 Å². The summed E-state index contributed by atoms with van der Waals surface area (Å²) in [5.41, 5.74) is 7.18. The fourth-order valence-corrected chi connectivity index (χ4v) is 3.31. The minimum absolute atomic E-state index is 0.616. The lowest BCUT2D eigenvalue weighted by Crippen LogP contribution is -2.34. The van der Waals surface area contributed by atoms with Crippen LogP contribution in [0.3, 0.4) is 0 Å². The Bertz CT molecular complexity index is 580. The first-order valence-corrected chi connectivity index (χ1v) is 7.58. The minimum atomic E-state index is 0.616. The van der Waals surface area contributed by atoms with E-state index in [1.807, 2.05) is 0 Å². The predicted octanol–water partition coefficient (Wildman–Crippen LogP) is 3.95. The van der Waals surface area contributed by atoms with Gasteiger partial charge in [-0.1, -0.05) is 53.6 Å². The Balaban J connectivity index is 1.62. The fraction of sp³-hybridized carbons (Fsp3) is 0.368. The number of benzene rings is 2. The molecule has 0 amide bonds. The van der Waals surface area contributed by atoms with Gasteiger partial charge in [0.25, 0.3) is 0 Å². The van der Waals surface area contributed by atoms with Gasteiger partial charge in [0.05, 0.1) is 0 Å². The van der Waals surface area contributed by atoms with Crippen LogP contribution in [0.5, 0.6) is 0 Å². The van der Waals surface area contributed by atoms with Gasteiger partial charge < -0.3 is 5.32 Å². The van der Waals surface area contributed by atoms with Crippen molar-refractivity contribution < 1.29 is 0 Å². The van der Waals surface area contributed by atoms with E-state index in [1.54, 1.807) is 0 Å². The van der Waals surface area contributed by atoms with Crippen LogP contribution in [0.1, 0.15) is 34.2 Å². The Hall–Kier alpha value is -1.60. The summed E-state index contributed by atoms with van der Waals surface area (Å²) in [5, 5.41) is 3.73. The average molecular weight is 265 g/mol. The van der Waals surface area contributed by atoms with Gasteiger partial charge in [-0.2, -0.15) is 0 Å². The van der Waals surface area contributed by atoms with Crippen LogP contribution in [-0.4, -0.2) is 6.04 Å². The van der Waals surface area contributed by atoms with Crippen molar-refractivity contribution in [3.63, 3.8) is 0 Å². The molecule has 1 aliphatic rings. The van der Waals surface area contributed by atoms with E-state index < -0.39 is 0 Å². The van der Waals surface area contributed by atoms with Crippen molar-refractivity contribution in [1.29, 1.82) is 0 Å². The molecule has 20 heavy (non-hydrogen) atoms. The van der Waals surface area contributed by atoms with Gasteiger partial charge in [0.1, 0.15) is 0 Å². The van der Waals surface area contributed by atoms with Crippen LogP contribution in [0.2, 0.25) is 0 Å². The quantitative estimate of drug-likeness (QED) is 0.886. The smallest absolute Gasteiger partial charge is 0.0208 e. The molecule has 0 radical (unpaired) electrons. The second-order valence-corrected chi connectivity index (χ2v) is 6.09. The van der Waals surface area contributed by atoms with Crippen LogP contribution < -0.4 is 5.32 Å². The molecule has 1 unspecified atom stereocenters. The summed E-state index contributed by atoms with van der Waals surface area (Å²) < 4.78 is 0. The summed E-state index contributed by atoms with van der Waals surface area (Å²) in [6.45, 7) is 5.33. The van der Waals surface area contributed by atoms with Gasteiger partial charge in [0.15, 0.2) is 0 Å². The third kappa shape index (κ3) is 3.10. The number of aryl methyl sites for hydroxylation is 3. The van der Waals surface area contributed by atoms with Gasteiger partial charge in [-0.05, 0) is 49.8 Å². The molecule has 0 aromatic heterocycles. The molecule has 1 atom stereocenters. The van der Waals surface area contributed by atoms with E-state index in [1.165, 1.54) is 47.1 Å². The molecule has 3 rings (SSSR count). The molecule has 1 heteroatoms. The SMILES string of the molecule is Cc1cc(C)cc(CNC2CCc3ccccc3C2)c1. The highest BCUT2D eigenvalue weighted by Crippen LogP contribution is 2.21. The van der Waals surface area contributed by atoms with E-state index in [-0.39, 0.29) is 0 Å². The van der Waals surface area contributed by atoms with Crippen molar-refractivity contribution in [3.8, 4) is 0 Å². The van der Waals surface area contributed by atoms with Crippen LogP contribution in [-0.2, 0) is 19.4 Å². The van der Waals surface area contributed by atoms with Gasteiger partial charge in [0.2, 0.25) is 0 Å². The van der Waals surface area contributed by atoms with Gasteiger partial charge in [-0.15, -0.1) is 0 Å². The Kier molecular flexibility index (Phi) is 3.88. The number of rotatable bonds is 3. The number of hydrogen-bond donors (Lipinski definition) is 1. The number of hydrogen-bond acceptors (Lipinski definition) is 1. The zero-order chi connectivity index (χ0) is 13.9. The van der Waals surface area contributed by atoms with E-state index in [9.17, 15) is 0 Å². The zero-order valence-corrected chi connectivity index (χ0v) is 12.4. The van der Waals surface area contributed by atoms with Crippen LogP contribution in [0.25, 0.3) is 0 Å². The first-order chi connectivity index (χ1) is 9.70. The molecule has 1 N–H and O–H groups in total. The van der Waals surface area contributed by atoms with Crippen LogP contribution in [0.15, 0.2) is 42.5 Å². The second-order valence-electron chi connectivity index (χ2n) is 6.09. The molecule has 0 spiro atoms. The molecular weight excluding hydrogens is 242 g/mol. The molecule has 0 aliphatic heterocycles. The molecule has 0 saturated heterocycles. The van der Waals surface area contributed by atoms with E-state index in [0.29, 0.717) is 6.04 Å². The Morgan fingerprint density at radius 2 is 1.70 bits per heavy atom. The highest BCUT2D eigenvalue weighted by Gasteiger charge is 2.17. The summed E-state index contributed by atoms with van der Waals surface area (Å²) in [6.07, 6.45) is 3.63. The number of fused-ring (bicyclic) bond motifs is 1. The summed E-state index contributed by atoms with van der Waals surface area (Å²) >= 11 is 0. The lowest BCUT2D eigenvalue weighted by molar-refractivity contribution is 0.457. The standard InChI is InChI=1S/C19H23N/c1-14-9-15(2)11-16(10-14)13-20-19-8-7-17-5-3-4-6-18(17)12-19/h3-6,9-11,19-20H,7-8,12-13H2,1-2H3. The molecule has 0 saturated carbocycles. The van der Waals surface area contributed by atoms with Gasteiger partial charge in [-0.25, -0.2) is 0 Å². The summed E-state index contributed by atoms with van der Waals surface area (Å²) in [5.74, 6) is 0. The molecule has 2 aromatic rings. The van der Waals surface area contributed by atoms with Crippen LogP contribution >= 0.6 is 0 Å². The van der Waals surface area contributed by atoms with Crippen molar-refractivity contribution in [2.45, 2.75) is 45.7 Å². The molecule has 0 heterocycles. The maximum atomic E-state index is 3.73. The fourth-order valence-electron chi connectivity index (χ4n) is 3.31. The van der Waals surface area contributed by atoms with Crippen molar-refractivity contribution in [1.82, 2.24) is 5.32 Å². The largest absolute Gasteiger partial charge is 0.310 e. The maximum Gasteiger partial charge on any atom is 0.0208 e. The molecule has 104 valence electrons. The summed E-state index contributed by atoms with van der Waals surface area (Å²) in [4.78, 5) is 0. The number of nitrogens with one attached hydrogen (secondary N) is 1. The minimum Gasteiger partial charge on any atom is -0.310 e. The van der Waals surface area contributed by atoms with Gasteiger partial charge in [0, 0.05) is 12.6 Å². The molecular formula is C19H23N. The molecule has 1 nitrogen and oxygen atoms in total. The van der Waals surface area contributed by atoms with Crippen molar-refractivity contribution in [3.05, 3.63) is 70.3 Å². The van der Waals surface area contributed by atoms with Crippen molar-refractivity contribution >= 4 is 0 Å². The first-order valence-electron chi connectivity index (χ1n) is 7.58. The predicted molar refractivity (Wildman–Crippen MR) is 85.0 cm³/mol. The first kappa shape index (κ1) is 13.4. The lowest BCUT2D eigenvalue weighted by atomic mass is 9.88. The van der Waals surface area contributed by atoms with Crippen LogP contribution in [0, 0.1) is 13.8 Å². The molecule has 1 aliphatic carbocycles. The zero-order valence-electron chi connectivity index (χ0n) is 12.4. The maximum absolute atomic E-state index is 3.73. The summed E-state index contributed by atoms with van der Waals surface area (Å²) in [6, 6.07) is 16.3. The lowest BCUT2D eigenvalue weighted by Gasteiger charge is -2.25. The average Bonchev–Trinajstić information content (AvgIpc) is 2.44. The highest BCUT2D eigenvalue weighted by atomic mass is 14.9. The molecule has 0 fully saturated rings. The molecule has 2 aromatic carbocycles. The van der Waals surface area contributed by atoms with E-state index in [4.69, 9.17) is 0 Å². The normalized spacial score (nSPS) is 17.8. The summed E-state index contributed by atoms with van der Waals surface area (Å²) in [7, 11) is 0. The third-order valence-electron chi connectivity index (χ3n) is 4.22.